The Hall–Kier alpha value is -2.29. The van der Waals surface area contributed by atoms with Crippen LogP contribution in [0.25, 0.3) is 0 Å². The lowest BCUT2D eigenvalue weighted by Gasteiger charge is -2.14. The summed E-state index contributed by atoms with van der Waals surface area (Å²) in [5.41, 5.74) is 3.17. The summed E-state index contributed by atoms with van der Waals surface area (Å²) < 4.78 is 0. The van der Waals surface area contributed by atoms with Crippen molar-refractivity contribution in [3.05, 3.63) is 59.2 Å². The molecule has 0 spiro atoms. The number of anilines is 1. The SMILES string of the molecule is Cc1cc(C(=O)Nc2ccccc2C(C)C)ccc1O. The zero-order valence-electron chi connectivity index (χ0n) is 12.0. The molecule has 0 saturated heterocycles. The van der Waals surface area contributed by atoms with E-state index >= 15 is 0 Å². The highest BCUT2D eigenvalue weighted by molar-refractivity contribution is 6.04. The van der Waals surface area contributed by atoms with Crippen LogP contribution in [-0.4, -0.2) is 11.0 Å². The van der Waals surface area contributed by atoms with Crippen molar-refractivity contribution in [2.24, 2.45) is 0 Å². The Bertz CT molecular complexity index is 633. The Morgan fingerprint density at radius 2 is 1.85 bits per heavy atom. The van der Waals surface area contributed by atoms with E-state index in [0.717, 1.165) is 11.3 Å². The highest BCUT2D eigenvalue weighted by atomic mass is 16.3. The van der Waals surface area contributed by atoms with Gasteiger partial charge in [-0.25, -0.2) is 0 Å². The Morgan fingerprint density at radius 3 is 2.50 bits per heavy atom. The third-order valence-electron chi connectivity index (χ3n) is 3.29. The average Bonchev–Trinajstić information content (AvgIpc) is 2.42. The van der Waals surface area contributed by atoms with Gasteiger partial charge in [-0.3, -0.25) is 4.79 Å². The number of nitrogens with one attached hydrogen (secondary N) is 1. The maximum atomic E-state index is 12.3. The molecule has 0 aliphatic heterocycles. The second-order valence-electron chi connectivity index (χ2n) is 5.20. The van der Waals surface area contributed by atoms with Gasteiger partial charge >= 0.3 is 0 Å². The van der Waals surface area contributed by atoms with Crippen LogP contribution in [0.2, 0.25) is 0 Å². The minimum atomic E-state index is -0.166. The van der Waals surface area contributed by atoms with E-state index in [-0.39, 0.29) is 11.7 Å². The Kier molecular flexibility index (Phi) is 4.08. The van der Waals surface area contributed by atoms with Gasteiger partial charge in [0.15, 0.2) is 0 Å². The van der Waals surface area contributed by atoms with Crippen molar-refractivity contribution in [2.75, 3.05) is 5.32 Å². The van der Waals surface area contributed by atoms with Crippen LogP contribution in [0.3, 0.4) is 0 Å². The molecule has 2 N–H and O–H groups in total. The molecule has 0 heterocycles. The molecule has 1 amide bonds. The summed E-state index contributed by atoms with van der Waals surface area (Å²) in [4.78, 5) is 12.3. The maximum Gasteiger partial charge on any atom is 0.255 e. The number of aryl methyl sites for hydroxylation is 1. The fourth-order valence-corrected chi connectivity index (χ4v) is 2.11. The number of hydrogen-bond donors (Lipinski definition) is 2. The van der Waals surface area contributed by atoms with E-state index in [1.807, 2.05) is 24.3 Å². The summed E-state index contributed by atoms with van der Waals surface area (Å²) in [6.07, 6.45) is 0. The molecule has 0 fully saturated rings. The first kappa shape index (κ1) is 14.1. The van der Waals surface area contributed by atoms with Crippen LogP contribution in [0.5, 0.6) is 5.75 Å². The van der Waals surface area contributed by atoms with Crippen LogP contribution in [0.1, 0.15) is 41.3 Å². The van der Waals surface area contributed by atoms with Crippen LogP contribution in [0.4, 0.5) is 5.69 Å². The largest absolute Gasteiger partial charge is 0.508 e. The summed E-state index contributed by atoms with van der Waals surface area (Å²) in [7, 11) is 0. The van der Waals surface area contributed by atoms with E-state index in [9.17, 15) is 9.90 Å². The molecular weight excluding hydrogens is 250 g/mol. The maximum absolute atomic E-state index is 12.3. The van der Waals surface area contributed by atoms with Gasteiger partial charge in [0.05, 0.1) is 0 Å². The van der Waals surface area contributed by atoms with Gasteiger partial charge in [0.25, 0.3) is 5.91 Å². The van der Waals surface area contributed by atoms with Crippen LogP contribution < -0.4 is 5.32 Å². The number of amides is 1. The minimum absolute atomic E-state index is 0.166. The number of carbonyl (C=O) groups is 1. The van der Waals surface area contributed by atoms with Gasteiger partial charge in [0, 0.05) is 11.3 Å². The molecule has 20 heavy (non-hydrogen) atoms. The highest BCUT2D eigenvalue weighted by Gasteiger charge is 2.11. The molecule has 0 aliphatic rings. The fourth-order valence-electron chi connectivity index (χ4n) is 2.11. The highest BCUT2D eigenvalue weighted by Crippen LogP contribution is 2.24. The number of rotatable bonds is 3. The molecule has 0 aromatic heterocycles. The molecule has 3 heteroatoms. The van der Waals surface area contributed by atoms with Crippen LogP contribution in [0, 0.1) is 6.92 Å². The smallest absolute Gasteiger partial charge is 0.255 e. The molecule has 0 atom stereocenters. The molecule has 2 aromatic rings. The third kappa shape index (κ3) is 2.99. The van der Waals surface area contributed by atoms with Crippen molar-refractivity contribution in [2.45, 2.75) is 26.7 Å². The number of phenolic OH excluding ortho intramolecular Hbond substituents is 1. The zero-order valence-corrected chi connectivity index (χ0v) is 12.0. The number of para-hydroxylation sites is 1. The van der Waals surface area contributed by atoms with Crippen LogP contribution >= 0.6 is 0 Å². The molecule has 2 aromatic carbocycles. The molecule has 0 unspecified atom stereocenters. The first-order chi connectivity index (χ1) is 9.49. The zero-order chi connectivity index (χ0) is 14.7. The standard InChI is InChI=1S/C17H19NO2/c1-11(2)14-6-4-5-7-15(14)18-17(20)13-8-9-16(19)12(3)10-13/h4-11,19H,1-3H3,(H,18,20). The van der Waals surface area contributed by atoms with Gasteiger partial charge in [-0.05, 0) is 48.2 Å². The van der Waals surface area contributed by atoms with Gasteiger partial charge < -0.3 is 10.4 Å². The quantitative estimate of drug-likeness (QED) is 0.882. The van der Waals surface area contributed by atoms with E-state index < -0.39 is 0 Å². The summed E-state index contributed by atoms with van der Waals surface area (Å²) in [5.74, 6) is 0.374. The molecule has 0 radical (unpaired) electrons. The van der Waals surface area contributed by atoms with E-state index in [1.54, 1.807) is 25.1 Å². The summed E-state index contributed by atoms with van der Waals surface area (Å²) in [6.45, 7) is 5.96. The van der Waals surface area contributed by atoms with Gasteiger partial charge in [-0.2, -0.15) is 0 Å². The summed E-state index contributed by atoms with van der Waals surface area (Å²) in [5, 5.41) is 12.4. The monoisotopic (exact) mass is 269 g/mol. The Balaban J connectivity index is 2.26. The van der Waals surface area contributed by atoms with E-state index in [4.69, 9.17) is 0 Å². The second-order valence-corrected chi connectivity index (χ2v) is 5.20. The van der Waals surface area contributed by atoms with Gasteiger partial charge in [-0.1, -0.05) is 32.0 Å². The number of benzene rings is 2. The summed E-state index contributed by atoms with van der Waals surface area (Å²) in [6, 6.07) is 12.6. The Labute approximate surface area is 119 Å². The van der Waals surface area contributed by atoms with Crippen molar-refractivity contribution in [1.82, 2.24) is 0 Å². The van der Waals surface area contributed by atoms with Crippen molar-refractivity contribution in [3.63, 3.8) is 0 Å². The topological polar surface area (TPSA) is 49.3 Å². The van der Waals surface area contributed by atoms with Crippen LogP contribution in [-0.2, 0) is 0 Å². The van der Waals surface area contributed by atoms with E-state index in [0.29, 0.717) is 17.0 Å². The molecule has 2 rings (SSSR count). The minimum Gasteiger partial charge on any atom is -0.508 e. The van der Waals surface area contributed by atoms with Crippen molar-refractivity contribution < 1.29 is 9.90 Å². The lowest BCUT2D eigenvalue weighted by molar-refractivity contribution is 0.102. The lowest BCUT2D eigenvalue weighted by atomic mass is 10.0. The predicted molar refractivity (Wildman–Crippen MR) is 81.3 cm³/mol. The van der Waals surface area contributed by atoms with E-state index in [2.05, 4.69) is 19.2 Å². The second kappa shape index (κ2) is 5.78. The van der Waals surface area contributed by atoms with Crippen molar-refractivity contribution >= 4 is 11.6 Å². The molecule has 104 valence electrons. The molecule has 0 saturated carbocycles. The molecule has 0 bridgehead atoms. The third-order valence-corrected chi connectivity index (χ3v) is 3.29. The van der Waals surface area contributed by atoms with Gasteiger partial charge in [0.1, 0.15) is 5.75 Å². The fraction of sp³-hybridized carbons (Fsp3) is 0.235. The Morgan fingerprint density at radius 1 is 1.15 bits per heavy atom. The van der Waals surface area contributed by atoms with Crippen LogP contribution in [0.15, 0.2) is 42.5 Å². The van der Waals surface area contributed by atoms with Crippen molar-refractivity contribution in [3.8, 4) is 5.75 Å². The summed E-state index contributed by atoms with van der Waals surface area (Å²) >= 11 is 0. The average molecular weight is 269 g/mol. The normalized spacial score (nSPS) is 10.6. The molecular formula is C17H19NO2. The van der Waals surface area contributed by atoms with E-state index in [1.165, 1.54) is 0 Å². The molecule has 3 nitrogen and oxygen atoms in total. The predicted octanol–water partition coefficient (Wildman–Crippen LogP) is 4.08. The van der Waals surface area contributed by atoms with Crippen molar-refractivity contribution in [1.29, 1.82) is 0 Å². The number of hydrogen-bond acceptors (Lipinski definition) is 2. The number of phenols is 1. The van der Waals surface area contributed by atoms with Gasteiger partial charge in [0.2, 0.25) is 0 Å². The number of carbonyl (C=O) groups excluding carboxylic acids is 1. The van der Waals surface area contributed by atoms with Gasteiger partial charge in [-0.15, -0.1) is 0 Å². The first-order valence-corrected chi connectivity index (χ1v) is 6.69. The molecule has 0 aliphatic carbocycles. The number of aromatic hydroxyl groups is 1. The lowest BCUT2D eigenvalue weighted by Crippen LogP contribution is -2.13. The first-order valence-electron chi connectivity index (χ1n) is 6.69.